The number of nitrogens with zero attached hydrogens (tertiary/aromatic N) is 4. The standard InChI is InChI=1S/C32H22N4/c1-3-9-23(10-4-1)24-14-18-27(19-15-24)31-34-30(26-11-5-2-6-12-26)35-32(36-31)28-20-16-25(17-21-28)29-13-7-8-22-33-29/h1-22H. The summed E-state index contributed by atoms with van der Waals surface area (Å²) in [6.07, 6.45) is 1.80. The Morgan fingerprint density at radius 2 is 0.694 bits per heavy atom. The molecule has 6 aromatic rings. The molecule has 0 aliphatic heterocycles. The molecular formula is C32H22N4. The van der Waals surface area contributed by atoms with Gasteiger partial charge in [0.25, 0.3) is 0 Å². The zero-order chi connectivity index (χ0) is 24.2. The molecule has 0 aliphatic rings. The van der Waals surface area contributed by atoms with Gasteiger partial charge in [0.2, 0.25) is 0 Å². The van der Waals surface area contributed by atoms with E-state index < -0.39 is 0 Å². The average Bonchev–Trinajstić information content (AvgIpc) is 2.98. The van der Waals surface area contributed by atoms with Crippen molar-refractivity contribution in [3.05, 3.63) is 134 Å². The maximum absolute atomic E-state index is 4.87. The normalized spacial score (nSPS) is 10.8. The molecular weight excluding hydrogens is 440 g/mol. The third kappa shape index (κ3) is 4.52. The van der Waals surface area contributed by atoms with Crippen LogP contribution in [0.25, 0.3) is 56.5 Å². The largest absolute Gasteiger partial charge is 0.256 e. The maximum atomic E-state index is 4.87. The molecule has 0 radical (unpaired) electrons. The van der Waals surface area contributed by atoms with Crippen molar-refractivity contribution in [3.63, 3.8) is 0 Å². The van der Waals surface area contributed by atoms with Crippen LogP contribution in [0.1, 0.15) is 0 Å². The Labute approximate surface area is 210 Å². The molecule has 0 saturated heterocycles. The van der Waals surface area contributed by atoms with Gasteiger partial charge in [-0.1, -0.05) is 115 Å². The van der Waals surface area contributed by atoms with Crippen molar-refractivity contribution >= 4 is 0 Å². The lowest BCUT2D eigenvalue weighted by Crippen LogP contribution is -2.00. The van der Waals surface area contributed by atoms with Gasteiger partial charge >= 0.3 is 0 Å². The van der Waals surface area contributed by atoms with Gasteiger partial charge < -0.3 is 0 Å². The minimum absolute atomic E-state index is 0.638. The van der Waals surface area contributed by atoms with Gasteiger partial charge in [-0.25, -0.2) is 15.0 Å². The smallest absolute Gasteiger partial charge is 0.164 e. The molecule has 0 N–H and O–H groups in total. The summed E-state index contributed by atoms with van der Waals surface area (Å²) in [4.78, 5) is 19.0. The van der Waals surface area contributed by atoms with Gasteiger partial charge in [0.15, 0.2) is 17.5 Å². The van der Waals surface area contributed by atoms with Crippen molar-refractivity contribution < 1.29 is 0 Å². The minimum Gasteiger partial charge on any atom is -0.256 e. The number of hydrogen-bond donors (Lipinski definition) is 0. The molecule has 0 bridgehead atoms. The highest BCUT2D eigenvalue weighted by Crippen LogP contribution is 2.28. The molecule has 0 fully saturated rings. The fourth-order valence-electron chi connectivity index (χ4n) is 4.12. The van der Waals surface area contributed by atoms with Crippen LogP contribution in [0.15, 0.2) is 134 Å². The van der Waals surface area contributed by atoms with Crippen LogP contribution in [0.2, 0.25) is 0 Å². The average molecular weight is 463 g/mol. The van der Waals surface area contributed by atoms with Gasteiger partial charge in [0.1, 0.15) is 0 Å². The van der Waals surface area contributed by atoms with E-state index in [1.165, 1.54) is 5.56 Å². The molecule has 0 saturated carbocycles. The molecule has 0 atom stereocenters. The second-order valence-electron chi connectivity index (χ2n) is 8.41. The number of aromatic nitrogens is 4. The van der Waals surface area contributed by atoms with Gasteiger partial charge in [-0.15, -0.1) is 0 Å². The molecule has 2 aromatic heterocycles. The van der Waals surface area contributed by atoms with Crippen LogP contribution in [0.4, 0.5) is 0 Å². The van der Waals surface area contributed by atoms with E-state index in [4.69, 9.17) is 15.0 Å². The van der Waals surface area contributed by atoms with Crippen molar-refractivity contribution in [1.29, 1.82) is 0 Å². The zero-order valence-electron chi connectivity index (χ0n) is 19.5. The van der Waals surface area contributed by atoms with E-state index >= 15 is 0 Å². The van der Waals surface area contributed by atoms with Crippen LogP contribution < -0.4 is 0 Å². The van der Waals surface area contributed by atoms with E-state index in [1.807, 2.05) is 78.9 Å². The molecule has 4 heteroatoms. The topological polar surface area (TPSA) is 51.6 Å². The monoisotopic (exact) mass is 462 g/mol. The maximum Gasteiger partial charge on any atom is 0.164 e. The van der Waals surface area contributed by atoms with E-state index in [0.29, 0.717) is 17.5 Å². The highest BCUT2D eigenvalue weighted by Gasteiger charge is 2.13. The number of hydrogen-bond acceptors (Lipinski definition) is 4. The quantitative estimate of drug-likeness (QED) is 0.265. The van der Waals surface area contributed by atoms with Crippen molar-refractivity contribution in [1.82, 2.24) is 19.9 Å². The third-order valence-electron chi connectivity index (χ3n) is 6.02. The van der Waals surface area contributed by atoms with Crippen LogP contribution in [0.5, 0.6) is 0 Å². The first-order valence-electron chi connectivity index (χ1n) is 11.8. The molecule has 6 rings (SSSR count). The van der Waals surface area contributed by atoms with Gasteiger partial charge in [-0.2, -0.15) is 0 Å². The van der Waals surface area contributed by atoms with Crippen LogP contribution in [0.3, 0.4) is 0 Å². The van der Waals surface area contributed by atoms with Gasteiger partial charge in [0, 0.05) is 28.5 Å². The Balaban J connectivity index is 1.41. The lowest BCUT2D eigenvalue weighted by atomic mass is 10.0. The first-order chi connectivity index (χ1) is 17.8. The summed E-state index contributed by atoms with van der Waals surface area (Å²) in [6.45, 7) is 0. The number of rotatable bonds is 5. The fraction of sp³-hybridized carbons (Fsp3) is 0. The number of benzene rings is 4. The summed E-state index contributed by atoms with van der Waals surface area (Å²) in [5, 5.41) is 0. The Morgan fingerprint density at radius 1 is 0.306 bits per heavy atom. The zero-order valence-corrected chi connectivity index (χ0v) is 19.5. The molecule has 4 aromatic carbocycles. The molecule has 170 valence electrons. The molecule has 0 unspecified atom stereocenters. The van der Waals surface area contributed by atoms with E-state index in [0.717, 1.165) is 33.5 Å². The molecule has 2 heterocycles. The predicted octanol–water partition coefficient (Wildman–Crippen LogP) is 7.60. The summed E-state index contributed by atoms with van der Waals surface area (Å²) in [6, 6.07) is 42.8. The van der Waals surface area contributed by atoms with Crippen molar-refractivity contribution in [2.24, 2.45) is 0 Å². The highest BCUT2D eigenvalue weighted by molar-refractivity contribution is 5.71. The lowest BCUT2D eigenvalue weighted by molar-refractivity contribution is 1.07. The van der Waals surface area contributed by atoms with E-state index in [1.54, 1.807) is 6.20 Å². The van der Waals surface area contributed by atoms with Crippen molar-refractivity contribution in [2.75, 3.05) is 0 Å². The van der Waals surface area contributed by atoms with Gasteiger partial charge in [-0.05, 0) is 23.3 Å². The first-order valence-corrected chi connectivity index (χ1v) is 11.8. The van der Waals surface area contributed by atoms with E-state index in [-0.39, 0.29) is 0 Å². The number of pyridine rings is 1. The summed E-state index contributed by atoms with van der Waals surface area (Å²) < 4.78 is 0. The minimum atomic E-state index is 0.638. The highest BCUT2D eigenvalue weighted by atomic mass is 15.0. The Kier molecular flexibility index (Phi) is 5.83. The van der Waals surface area contributed by atoms with Crippen LogP contribution in [-0.2, 0) is 0 Å². The Hall–Kier alpha value is -4.96. The van der Waals surface area contributed by atoms with Crippen LogP contribution >= 0.6 is 0 Å². The Morgan fingerprint density at radius 3 is 1.19 bits per heavy atom. The molecule has 0 amide bonds. The van der Waals surface area contributed by atoms with Gasteiger partial charge in [0.05, 0.1) is 5.69 Å². The predicted molar refractivity (Wildman–Crippen MR) is 145 cm³/mol. The van der Waals surface area contributed by atoms with Crippen molar-refractivity contribution in [2.45, 2.75) is 0 Å². The summed E-state index contributed by atoms with van der Waals surface area (Å²) >= 11 is 0. The lowest BCUT2D eigenvalue weighted by Gasteiger charge is -2.09. The summed E-state index contributed by atoms with van der Waals surface area (Å²) in [5.41, 5.74) is 7.14. The van der Waals surface area contributed by atoms with Crippen LogP contribution in [0, 0.1) is 0 Å². The van der Waals surface area contributed by atoms with Crippen molar-refractivity contribution in [3.8, 4) is 56.5 Å². The fourth-order valence-corrected chi connectivity index (χ4v) is 4.12. The molecule has 36 heavy (non-hydrogen) atoms. The van der Waals surface area contributed by atoms with Crippen LogP contribution in [-0.4, -0.2) is 19.9 Å². The summed E-state index contributed by atoms with van der Waals surface area (Å²) in [7, 11) is 0. The van der Waals surface area contributed by atoms with E-state index in [2.05, 4.69) is 53.5 Å². The third-order valence-corrected chi connectivity index (χ3v) is 6.02. The van der Waals surface area contributed by atoms with E-state index in [9.17, 15) is 0 Å². The molecule has 0 spiro atoms. The Bertz CT molecular complexity index is 1480. The molecule has 0 aliphatic carbocycles. The molecule has 4 nitrogen and oxygen atoms in total. The first kappa shape index (κ1) is 21.6. The SMILES string of the molecule is c1ccc(-c2ccc(-c3nc(-c4ccccc4)nc(-c4ccc(-c5ccccn5)cc4)n3)cc2)cc1. The second-order valence-corrected chi connectivity index (χ2v) is 8.41. The second kappa shape index (κ2) is 9.72. The summed E-state index contributed by atoms with van der Waals surface area (Å²) in [5.74, 6) is 1.93. The van der Waals surface area contributed by atoms with Gasteiger partial charge in [-0.3, -0.25) is 4.98 Å².